The number of hydrogen-bond acceptors (Lipinski definition) is 3. The summed E-state index contributed by atoms with van der Waals surface area (Å²) in [5.74, 6) is -1.32. The average Bonchev–Trinajstić information content (AvgIpc) is 2.94. The van der Waals surface area contributed by atoms with Crippen molar-refractivity contribution >= 4 is 11.9 Å². The quantitative estimate of drug-likeness (QED) is 0.902. The molecule has 0 radical (unpaired) electrons. The summed E-state index contributed by atoms with van der Waals surface area (Å²) in [6.07, 6.45) is 1.38. The number of carbonyl (C=O) groups is 2. The molecule has 22 heavy (non-hydrogen) atoms. The maximum absolute atomic E-state index is 13.0. The van der Waals surface area contributed by atoms with E-state index >= 15 is 0 Å². The zero-order valence-electron chi connectivity index (χ0n) is 12.8. The van der Waals surface area contributed by atoms with Crippen molar-refractivity contribution in [2.24, 2.45) is 0 Å². The summed E-state index contributed by atoms with van der Waals surface area (Å²) in [5.41, 5.74) is 0.841. The van der Waals surface area contributed by atoms with Gasteiger partial charge >= 0.3 is 5.97 Å². The Balaban J connectivity index is 1.99. The van der Waals surface area contributed by atoms with Crippen LogP contribution in [0.5, 0.6) is 0 Å². The number of carboxylic acids is 1. The minimum atomic E-state index is -0.875. The zero-order valence-corrected chi connectivity index (χ0v) is 12.8. The van der Waals surface area contributed by atoms with Crippen LogP contribution in [0.4, 0.5) is 4.39 Å². The molecule has 0 saturated carbocycles. The fourth-order valence-corrected chi connectivity index (χ4v) is 2.76. The molecular formula is C16H21FN2O3. The molecule has 1 amide bonds. The number of carbonyl (C=O) groups excluding carboxylic acids is 1. The van der Waals surface area contributed by atoms with E-state index in [-0.39, 0.29) is 24.3 Å². The van der Waals surface area contributed by atoms with E-state index in [1.54, 1.807) is 29.0 Å². The van der Waals surface area contributed by atoms with Crippen LogP contribution in [0.25, 0.3) is 0 Å². The summed E-state index contributed by atoms with van der Waals surface area (Å²) >= 11 is 0. The Bertz CT molecular complexity index is 547. The lowest BCUT2D eigenvalue weighted by Crippen LogP contribution is -2.44. The Labute approximate surface area is 129 Å². The van der Waals surface area contributed by atoms with Crippen molar-refractivity contribution in [2.45, 2.75) is 31.8 Å². The van der Waals surface area contributed by atoms with Crippen molar-refractivity contribution in [1.29, 1.82) is 0 Å². The molecule has 5 nitrogen and oxygen atoms in total. The van der Waals surface area contributed by atoms with Crippen LogP contribution in [0, 0.1) is 5.82 Å². The minimum absolute atomic E-state index is 0.0962. The van der Waals surface area contributed by atoms with Gasteiger partial charge in [0.15, 0.2) is 0 Å². The second kappa shape index (κ2) is 6.87. The van der Waals surface area contributed by atoms with Crippen molar-refractivity contribution in [3.05, 3.63) is 35.6 Å². The van der Waals surface area contributed by atoms with Gasteiger partial charge in [0, 0.05) is 7.05 Å². The number of aliphatic carboxylic acids is 1. The predicted molar refractivity (Wildman–Crippen MR) is 79.8 cm³/mol. The standard InChI is InChI=1S/C16H21FN2O3/c1-11(12-5-7-13(17)8-6-12)18(2)15(20)10-19-9-3-4-14(19)16(21)22/h5-8,11,14H,3-4,9-10H2,1-2H3,(H,21,22)/t11?,14-/m0/s1. The molecule has 1 aliphatic rings. The molecule has 1 aliphatic heterocycles. The third-order valence-electron chi connectivity index (χ3n) is 4.31. The average molecular weight is 308 g/mol. The fourth-order valence-electron chi connectivity index (χ4n) is 2.76. The second-order valence-corrected chi connectivity index (χ2v) is 5.70. The van der Waals surface area contributed by atoms with E-state index in [0.717, 1.165) is 12.0 Å². The van der Waals surface area contributed by atoms with Crippen LogP contribution in [0.2, 0.25) is 0 Å². The van der Waals surface area contributed by atoms with Gasteiger partial charge in [0.1, 0.15) is 11.9 Å². The van der Waals surface area contributed by atoms with E-state index in [0.29, 0.717) is 13.0 Å². The van der Waals surface area contributed by atoms with Gasteiger partial charge in [-0.25, -0.2) is 4.39 Å². The van der Waals surface area contributed by atoms with E-state index < -0.39 is 12.0 Å². The van der Waals surface area contributed by atoms with Crippen LogP contribution < -0.4 is 0 Å². The molecule has 6 heteroatoms. The smallest absolute Gasteiger partial charge is 0.320 e. The van der Waals surface area contributed by atoms with Gasteiger partial charge in [0.2, 0.25) is 5.91 Å². The second-order valence-electron chi connectivity index (χ2n) is 5.70. The molecule has 1 heterocycles. The summed E-state index contributed by atoms with van der Waals surface area (Å²) in [4.78, 5) is 26.8. The lowest BCUT2D eigenvalue weighted by atomic mass is 10.1. The maximum atomic E-state index is 13.0. The molecule has 0 aromatic heterocycles. The summed E-state index contributed by atoms with van der Waals surface area (Å²) in [5, 5.41) is 9.15. The lowest BCUT2D eigenvalue weighted by molar-refractivity contribution is -0.143. The number of hydrogen-bond donors (Lipinski definition) is 1. The molecule has 0 aliphatic carbocycles. The van der Waals surface area contributed by atoms with E-state index in [9.17, 15) is 14.0 Å². The summed E-state index contributed by atoms with van der Waals surface area (Å²) in [7, 11) is 1.68. The number of halogens is 1. The highest BCUT2D eigenvalue weighted by molar-refractivity contribution is 5.80. The van der Waals surface area contributed by atoms with Crippen molar-refractivity contribution < 1.29 is 19.1 Å². The Morgan fingerprint density at radius 2 is 2.05 bits per heavy atom. The van der Waals surface area contributed by atoms with Gasteiger partial charge in [-0.1, -0.05) is 12.1 Å². The van der Waals surface area contributed by atoms with Gasteiger partial charge in [-0.15, -0.1) is 0 Å². The Morgan fingerprint density at radius 1 is 1.41 bits per heavy atom. The highest BCUT2D eigenvalue weighted by Gasteiger charge is 2.32. The third-order valence-corrected chi connectivity index (χ3v) is 4.31. The molecule has 0 spiro atoms. The molecule has 2 atom stereocenters. The van der Waals surface area contributed by atoms with Crippen molar-refractivity contribution in [3.8, 4) is 0 Å². The Kier molecular flexibility index (Phi) is 5.13. The van der Waals surface area contributed by atoms with Gasteiger partial charge in [-0.05, 0) is 44.0 Å². The lowest BCUT2D eigenvalue weighted by Gasteiger charge is -2.28. The molecule has 1 aromatic carbocycles. The number of benzene rings is 1. The molecule has 1 saturated heterocycles. The number of nitrogens with zero attached hydrogens (tertiary/aromatic N) is 2. The molecular weight excluding hydrogens is 287 g/mol. The topological polar surface area (TPSA) is 60.9 Å². The SMILES string of the molecule is CC(c1ccc(F)cc1)N(C)C(=O)CN1CCC[C@H]1C(=O)O. The van der Waals surface area contributed by atoms with Crippen LogP contribution in [0.3, 0.4) is 0 Å². The Hall–Kier alpha value is -1.95. The predicted octanol–water partition coefficient (Wildman–Crippen LogP) is 1.89. The van der Waals surface area contributed by atoms with Crippen LogP contribution in [-0.4, -0.2) is 53.0 Å². The van der Waals surface area contributed by atoms with Crippen molar-refractivity contribution in [2.75, 3.05) is 20.1 Å². The number of rotatable bonds is 5. The van der Waals surface area contributed by atoms with Gasteiger partial charge < -0.3 is 10.0 Å². The molecule has 0 bridgehead atoms. The molecule has 1 N–H and O–H groups in total. The molecule has 2 rings (SSSR count). The van der Waals surface area contributed by atoms with Crippen LogP contribution in [0.15, 0.2) is 24.3 Å². The number of amides is 1. The third kappa shape index (κ3) is 3.62. The summed E-state index contributed by atoms with van der Waals surface area (Å²) in [6.45, 7) is 2.59. The monoisotopic (exact) mass is 308 g/mol. The first-order valence-electron chi connectivity index (χ1n) is 7.38. The maximum Gasteiger partial charge on any atom is 0.320 e. The summed E-state index contributed by atoms with van der Waals surface area (Å²) in [6, 6.07) is 5.27. The van der Waals surface area contributed by atoms with E-state index in [1.807, 2.05) is 6.92 Å². The van der Waals surface area contributed by atoms with Gasteiger partial charge in [0.25, 0.3) is 0 Å². The van der Waals surface area contributed by atoms with Crippen LogP contribution in [0.1, 0.15) is 31.4 Å². The van der Waals surface area contributed by atoms with Crippen LogP contribution >= 0.6 is 0 Å². The zero-order chi connectivity index (χ0) is 16.3. The number of likely N-dealkylation sites (N-methyl/N-ethyl adjacent to an activating group) is 1. The van der Waals surface area contributed by atoms with Gasteiger partial charge in [0.05, 0.1) is 12.6 Å². The number of likely N-dealkylation sites (tertiary alicyclic amines) is 1. The minimum Gasteiger partial charge on any atom is -0.480 e. The first-order chi connectivity index (χ1) is 10.4. The van der Waals surface area contributed by atoms with Gasteiger partial charge in [-0.2, -0.15) is 0 Å². The normalized spacial score (nSPS) is 19.9. The van der Waals surface area contributed by atoms with Gasteiger partial charge in [-0.3, -0.25) is 14.5 Å². The van der Waals surface area contributed by atoms with E-state index in [4.69, 9.17) is 5.11 Å². The fraction of sp³-hybridized carbons (Fsp3) is 0.500. The van der Waals surface area contributed by atoms with Crippen molar-refractivity contribution in [3.63, 3.8) is 0 Å². The highest BCUT2D eigenvalue weighted by atomic mass is 19.1. The number of carboxylic acid groups (broad SMARTS) is 1. The highest BCUT2D eigenvalue weighted by Crippen LogP contribution is 2.21. The van der Waals surface area contributed by atoms with E-state index in [2.05, 4.69) is 0 Å². The molecule has 1 fully saturated rings. The summed E-state index contributed by atoms with van der Waals surface area (Å²) < 4.78 is 13.0. The first-order valence-corrected chi connectivity index (χ1v) is 7.38. The van der Waals surface area contributed by atoms with Crippen molar-refractivity contribution in [1.82, 2.24) is 9.80 Å². The molecule has 120 valence electrons. The largest absolute Gasteiger partial charge is 0.480 e. The van der Waals surface area contributed by atoms with E-state index in [1.165, 1.54) is 12.1 Å². The Morgan fingerprint density at radius 3 is 2.64 bits per heavy atom. The first kappa shape index (κ1) is 16.4. The molecule has 1 unspecified atom stereocenters. The van der Waals surface area contributed by atoms with Crippen LogP contribution in [-0.2, 0) is 9.59 Å². The molecule has 1 aromatic rings.